The molecule has 0 aromatic rings. The van der Waals surface area contributed by atoms with Crippen molar-refractivity contribution in [2.75, 3.05) is 32.4 Å². The third kappa shape index (κ3) is 5.18. The number of rotatable bonds is 6. The van der Waals surface area contributed by atoms with Crippen molar-refractivity contribution in [1.82, 2.24) is 15.5 Å². The second kappa shape index (κ2) is 7.97. The summed E-state index contributed by atoms with van der Waals surface area (Å²) in [4.78, 5) is 14.6. The second-order valence-electron chi connectivity index (χ2n) is 7.88. The first-order valence-electron chi connectivity index (χ1n) is 8.91. The van der Waals surface area contributed by atoms with Gasteiger partial charge in [0.15, 0.2) is 0 Å². The van der Waals surface area contributed by atoms with Gasteiger partial charge < -0.3 is 15.5 Å². The van der Waals surface area contributed by atoms with Crippen molar-refractivity contribution >= 4 is 16.8 Å². The number of carbonyl (C=O) groups excluding carboxylic acids is 1. The van der Waals surface area contributed by atoms with E-state index in [1.807, 2.05) is 0 Å². The number of nitrogens with zero attached hydrogens (tertiary/aromatic N) is 1. The Labute approximate surface area is 143 Å². The Morgan fingerprint density at radius 3 is 2.39 bits per heavy atom. The van der Waals surface area contributed by atoms with E-state index in [0.29, 0.717) is 6.54 Å². The summed E-state index contributed by atoms with van der Waals surface area (Å²) in [7, 11) is -0.876. The molecule has 1 saturated carbocycles. The van der Waals surface area contributed by atoms with Crippen molar-refractivity contribution in [1.29, 1.82) is 0 Å². The third-order valence-corrected chi connectivity index (χ3v) is 7.07. The van der Waals surface area contributed by atoms with Gasteiger partial charge in [-0.1, -0.05) is 20.3 Å². The molecule has 2 rings (SSSR count). The molecule has 2 aliphatic rings. The summed E-state index contributed by atoms with van der Waals surface area (Å²) in [6, 6.07) is -0.00991. The molecule has 23 heavy (non-hydrogen) atoms. The number of hydrogen-bond donors (Lipinski definition) is 2. The Morgan fingerprint density at radius 2 is 1.91 bits per heavy atom. The number of nitrogens with one attached hydrogen (secondary N) is 2. The predicted molar refractivity (Wildman–Crippen MR) is 96.0 cm³/mol. The van der Waals surface area contributed by atoms with Gasteiger partial charge in [-0.05, 0) is 38.0 Å². The largest absolute Gasteiger partial charge is 0.337 e. The molecule has 1 aliphatic carbocycles. The Hall–Kier alpha value is -0.620. The molecule has 1 aliphatic heterocycles. The maximum Gasteiger partial charge on any atom is 0.315 e. The molecule has 0 bridgehead atoms. The van der Waals surface area contributed by atoms with E-state index in [1.165, 1.54) is 6.42 Å². The Kier molecular flexibility index (Phi) is 6.48. The molecule has 2 amide bonds. The van der Waals surface area contributed by atoms with Crippen LogP contribution in [0.1, 0.15) is 46.5 Å². The van der Waals surface area contributed by atoms with Crippen LogP contribution in [-0.4, -0.2) is 58.4 Å². The van der Waals surface area contributed by atoms with Crippen molar-refractivity contribution in [2.24, 2.45) is 11.8 Å². The average molecular weight is 344 g/mol. The van der Waals surface area contributed by atoms with E-state index in [-0.39, 0.29) is 16.8 Å². The van der Waals surface area contributed by atoms with Crippen molar-refractivity contribution in [3.05, 3.63) is 0 Å². The van der Waals surface area contributed by atoms with Gasteiger partial charge in [0.1, 0.15) is 0 Å². The average Bonchev–Trinajstić information content (AvgIpc) is 2.34. The van der Waals surface area contributed by atoms with Gasteiger partial charge in [-0.25, -0.2) is 4.79 Å². The van der Waals surface area contributed by atoms with Gasteiger partial charge in [0, 0.05) is 49.3 Å². The molecule has 2 fully saturated rings. The van der Waals surface area contributed by atoms with E-state index in [1.54, 1.807) is 6.26 Å². The lowest BCUT2D eigenvalue weighted by atomic mass is 9.84. The molecule has 0 radical (unpaired) electrons. The quantitative estimate of drug-likeness (QED) is 0.775. The molecule has 1 heterocycles. The lowest BCUT2D eigenvalue weighted by Crippen LogP contribution is -2.54. The highest BCUT2D eigenvalue weighted by atomic mass is 32.2. The van der Waals surface area contributed by atoms with E-state index in [4.69, 9.17) is 0 Å². The fourth-order valence-electron chi connectivity index (χ4n) is 4.03. The van der Waals surface area contributed by atoms with E-state index >= 15 is 0 Å². The van der Waals surface area contributed by atoms with Crippen LogP contribution in [0.25, 0.3) is 0 Å². The molecule has 4 atom stereocenters. The lowest BCUT2D eigenvalue weighted by molar-refractivity contribution is 0.131. The van der Waals surface area contributed by atoms with Crippen molar-refractivity contribution in [2.45, 2.75) is 57.2 Å². The third-order valence-electron chi connectivity index (χ3n) is 5.30. The van der Waals surface area contributed by atoms with Gasteiger partial charge in [0.05, 0.1) is 4.75 Å². The summed E-state index contributed by atoms with van der Waals surface area (Å²) < 4.78 is 11.7. The molecule has 5 nitrogen and oxygen atoms in total. The summed E-state index contributed by atoms with van der Waals surface area (Å²) in [5.41, 5.74) is 0. The summed E-state index contributed by atoms with van der Waals surface area (Å²) in [6.45, 7) is 10.3. The van der Waals surface area contributed by atoms with Gasteiger partial charge in [0.2, 0.25) is 0 Å². The first kappa shape index (κ1) is 18.7. The standard InChI is InChI=1S/C17H33N3O2S/c1-13-8-14(2)10-20(9-13)11-15(3)19-16(21)18-12-17(23(4)22)6-5-7-17/h13-15H,5-12H2,1-4H3,(H2,18,19,21)/t13-,14+,15-,23-/m0/s1. The maximum absolute atomic E-state index is 12.1. The molecule has 2 N–H and O–H groups in total. The summed E-state index contributed by atoms with van der Waals surface area (Å²) in [5, 5.41) is 5.96. The van der Waals surface area contributed by atoms with Crippen LogP contribution >= 0.6 is 0 Å². The van der Waals surface area contributed by atoms with Crippen molar-refractivity contribution < 1.29 is 9.00 Å². The van der Waals surface area contributed by atoms with Crippen LogP contribution in [0, 0.1) is 11.8 Å². The van der Waals surface area contributed by atoms with Crippen LogP contribution in [0.4, 0.5) is 4.79 Å². The molecule has 6 heteroatoms. The van der Waals surface area contributed by atoms with Gasteiger partial charge >= 0.3 is 6.03 Å². The zero-order chi connectivity index (χ0) is 17.0. The molecular weight excluding hydrogens is 310 g/mol. The van der Waals surface area contributed by atoms with E-state index in [0.717, 1.165) is 50.7 Å². The highest BCUT2D eigenvalue weighted by molar-refractivity contribution is 7.85. The highest BCUT2D eigenvalue weighted by Crippen LogP contribution is 2.36. The summed E-state index contributed by atoms with van der Waals surface area (Å²) >= 11 is 0. The number of piperidine rings is 1. The molecule has 1 saturated heterocycles. The SMILES string of the molecule is C[C@@H]1C[C@H](C)CN(C[C@H](C)NC(=O)NCC2([S@](C)=O)CCC2)C1. The lowest BCUT2D eigenvalue weighted by Gasteiger charge is -2.40. The smallest absolute Gasteiger partial charge is 0.315 e. The molecule has 0 aromatic carbocycles. The van der Waals surface area contributed by atoms with Gasteiger partial charge in [-0.3, -0.25) is 4.21 Å². The predicted octanol–water partition coefficient (Wildman–Crippen LogP) is 1.95. The first-order chi connectivity index (χ1) is 10.8. The van der Waals surface area contributed by atoms with Crippen LogP contribution in [0.2, 0.25) is 0 Å². The monoisotopic (exact) mass is 343 g/mol. The molecule has 0 unspecified atom stereocenters. The van der Waals surface area contributed by atoms with Crippen molar-refractivity contribution in [3.63, 3.8) is 0 Å². The number of carbonyl (C=O) groups is 1. The number of hydrogen-bond acceptors (Lipinski definition) is 3. The van der Waals surface area contributed by atoms with E-state index < -0.39 is 10.8 Å². The van der Waals surface area contributed by atoms with Crippen LogP contribution < -0.4 is 10.6 Å². The second-order valence-corrected chi connectivity index (χ2v) is 9.66. The van der Waals surface area contributed by atoms with E-state index in [9.17, 15) is 9.00 Å². The fraction of sp³-hybridized carbons (Fsp3) is 0.941. The van der Waals surface area contributed by atoms with Crippen LogP contribution in [0.3, 0.4) is 0 Å². The number of amides is 2. The van der Waals surface area contributed by atoms with Gasteiger partial charge in [0.25, 0.3) is 0 Å². The molecule has 0 spiro atoms. The van der Waals surface area contributed by atoms with Crippen LogP contribution in [-0.2, 0) is 10.8 Å². The zero-order valence-corrected chi connectivity index (χ0v) is 15.9. The Balaban J connectivity index is 1.71. The van der Waals surface area contributed by atoms with E-state index in [2.05, 4.69) is 36.3 Å². The topological polar surface area (TPSA) is 61.4 Å². The van der Waals surface area contributed by atoms with Gasteiger partial charge in [-0.2, -0.15) is 0 Å². The minimum absolute atomic E-state index is 0.122. The highest BCUT2D eigenvalue weighted by Gasteiger charge is 2.41. The Morgan fingerprint density at radius 1 is 1.30 bits per heavy atom. The normalized spacial score (nSPS) is 30.1. The molecular formula is C17H33N3O2S. The summed E-state index contributed by atoms with van der Waals surface area (Å²) in [5.74, 6) is 1.47. The van der Waals surface area contributed by atoms with Crippen LogP contribution in [0.5, 0.6) is 0 Å². The minimum Gasteiger partial charge on any atom is -0.337 e. The Bertz CT molecular complexity index is 430. The first-order valence-corrected chi connectivity index (χ1v) is 10.5. The maximum atomic E-state index is 12.1. The van der Waals surface area contributed by atoms with Crippen LogP contribution in [0.15, 0.2) is 0 Å². The summed E-state index contributed by atoms with van der Waals surface area (Å²) in [6.07, 6.45) is 6.07. The number of urea groups is 1. The zero-order valence-electron chi connectivity index (χ0n) is 15.1. The molecule has 134 valence electrons. The molecule has 0 aromatic heterocycles. The minimum atomic E-state index is -0.876. The van der Waals surface area contributed by atoms with Gasteiger partial charge in [-0.15, -0.1) is 0 Å². The number of likely N-dealkylation sites (tertiary alicyclic amines) is 1. The van der Waals surface area contributed by atoms with Crippen molar-refractivity contribution in [3.8, 4) is 0 Å². The fourth-order valence-corrected chi connectivity index (χ4v) is 5.17.